The van der Waals surface area contributed by atoms with E-state index in [0.717, 1.165) is 55.5 Å². The fourth-order valence-electron chi connectivity index (χ4n) is 2.66. The molecule has 0 bridgehead atoms. The third-order valence-corrected chi connectivity index (χ3v) is 4.12. The molecule has 0 fully saturated rings. The second kappa shape index (κ2) is 12.7. The van der Waals surface area contributed by atoms with E-state index in [1.165, 1.54) is 0 Å². The van der Waals surface area contributed by atoms with Gasteiger partial charge in [0.2, 0.25) is 0 Å². The number of aromatic nitrogens is 2. The molecule has 0 saturated heterocycles. The van der Waals surface area contributed by atoms with Crippen molar-refractivity contribution in [2.24, 2.45) is 4.99 Å². The minimum atomic E-state index is 0. The van der Waals surface area contributed by atoms with Gasteiger partial charge in [-0.15, -0.1) is 24.0 Å². The van der Waals surface area contributed by atoms with Crippen LogP contribution in [0.3, 0.4) is 0 Å². The summed E-state index contributed by atoms with van der Waals surface area (Å²) in [5.41, 5.74) is 2.10. The maximum atomic E-state index is 5.43. The number of nitrogens with zero attached hydrogens (tertiary/aromatic N) is 3. The van der Waals surface area contributed by atoms with Gasteiger partial charge in [0.1, 0.15) is 6.54 Å². The summed E-state index contributed by atoms with van der Waals surface area (Å²) in [5, 5.41) is 10.8. The molecule has 0 aromatic carbocycles. The summed E-state index contributed by atoms with van der Waals surface area (Å²) in [6.45, 7) is 8.47. The Balaban J connectivity index is 0.00000338. The molecule has 0 aliphatic heterocycles. The van der Waals surface area contributed by atoms with E-state index in [4.69, 9.17) is 4.52 Å². The number of guanidine groups is 1. The van der Waals surface area contributed by atoms with Gasteiger partial charge in [-0.1, -0.05) is 25.1 Å². The number of nitrogens with one attached hydrogen (secondary N) is 2. The molecule has 0 amide bonds. The van der Waals surface area contributed by atoms with E-state index in [1.54, 1.807) is 0 Å². The van der Waals surface area contributed by atoms with E-state index >= 15 is 0 Å². The second-order valence-corrected chi connectivity index (χ2v) is 5.92. The van der Waals surface area contributed by atoms with Gasteiger partial charge in [0.25, 0.3) is 0 Å². The van der Waals surface area contributed by atoms with Crippen molar-refractivity contribution in [3.8, 4) is 0 Å². The van der Waals surface area contributed by atoms with Crippen molar-refractivity contribution in [3.63, 3.8) is 0 Å². The van der Waals surface area contributed by atoms with Crippen molar-refractivity contribution in [2.75, 3.05) is 13.1 Å². The molecular weight excluding hydrogens is 441 g/mol. The molecule has 26 heavy (non-hydrogen) atoms. The van der Waals surface area contributed by atoms with Crippen LogP contribution < -0.4 is 10.6 Å². The lowest BCUT2D eigenvalue weighted by molar-refractivity contribution is 0.372. The third-order valence-electron chi connectivity index (χ3n) is 4.12. The van der Waals surface area contributed by atoms with Gasteiger partial charge < -0.3 is 15.2 Å². The normalized spacial score (nSPS) is 11.3. The van der Waals surface area contributed by atoms with Crippen LogP contribution in [-0.4, -0.2) is 29.2 Å². The molecule has 2 heterocycles. The fraction of sp³-hybridized carbons (Fsp3) is 0.526. The number of rotatable bonds is 9. The summed E-state index contributed by atoms with van der Waals surface area (Å²) in [5.74, 6) is 2.04. The Hall–Kier alpha value is -1.64. The van der Waals surface area contributed by atoms with Crippen LogP contribution in [0.4, 0.5) is 0 Å². The molecule has 0 spiro atoms. The van der Waals surface area contributed by atoms with E-state index in [0.29, 0.717) is 12.5 Å². The number of aliphatic imine (C=N–C) groups is 1. The predicted octanol–water partition coefficient (Wildman–Crippen LogP) is 3.89. The summed E-state index contributed by atoms with van der Waals surface area (Å²) in [6.07, 6.45) is 4.81. The first-order valence-corrected chi connectivity index (χ1v) is 9.14. The average molecular weight is 471 g/mol. The Bertz CT molecular complexity index is 640. The van der Waals surface area contributed by atoms with E-state index < -0.39 is 0 Å². The summed E-state index contributed by atoms with van der Waals surface area (Å²) in [7, 11) is 0. The predicted molar refractivity (Wildman–Crippen MR) is 116 cm³/mol. The summed E-state index contributed by atoms with van der Waals surface area (Å²) < 4.78 is 5.43. The average Bonchev–Trinajstić information content (AvgIpc) is 3.10. The van der Waals surface area contributed by atoms with Gasteiger partial charge in [0.15, 0.2) is 11.7 Å². The van der Waals surface area contributed by atoms with Crippen LogP contribution in [0, 0.1) is 0 Å². The Labute approximate surface area is 173 Å². The van der Waals surface area contributed by atoms with Crippen molar-refractivity contribution in [1.82, 2.24) is 20.8 Å². The van der Waals surface area contributed by atoms with Gasteiger partial charge in [-0.05, 0) is 31.9 Å². The monoisotopic (exact) mass is 471 g/mol. The highest BCUT2D eigenvalue weighted by Crippen LogP contribution is 2.22. The number of pyridine rings is 1. The zero-order valence-electron chi connectivity index (χ0n) is 15.9. The molecule has 2 aromatic rings. The van der Waals surface area contributed by atoms with Crippen LogP contribution in [0.15, 0.2) is 40.0 Å². The largest absolute Gasteiger partial charge is 0.359 e. The van der Waals surface area contributed by atoms with Crippen LogP contribution in [0.2, 0.25) is 0 Å². The molecular formula is C19H30IN5O. The van der Waals surface area contributed by atoms with Gasteiger partial charge in [-0.2, -0.15) is 0 Å². The Kier molecular flexibility index (Phi) is 10.9. The lowest BCUT2D eigenvalue weighted by atomic mass is 9.99. The highest BCUT2D eigenvalue weighted by Gasteiger charge is 2.12. The fourth-order valence-corrected chi connectivity index (χ4v) is 2.66. The van der Waals surface area contributed by atoms with Gasteiger partial charge in [-0.3, -0.25) is 4.98 Å². The standard InChI is InChI=1S/C19H29N5O.HI/c1-4-15(5-2)18-13-17(25-24-18)14-23-19(20-6-3)22-12-10-16-9-7-8-11-21-16;/h7-9,11,13,15H,4-6,10,12,14H2,1-3H3,(H2,20,22,23);1H. The van der Waals surface area contributed by atoms with Gasteiger partial charge in [-0.25, -0.2) is 4.99 Å². The van der Waals surface area contributed by atoms with Crippen molar-refractivity contribution in [2.45, 2.75) is 52.5 Å². The molecule has 6 nitrogen and oxygen atoms in total. The molecule has 7 heteroatoms. The van der Waals surface area contributed by atoms with Crippen LogP contribution in [0.1, 0.15) is 56.7 Å². The smallest absolute Gasteiger partial charge is 0.191 e. The first-order valence-electron chi connectivity index (χ1n) is 9.14. The van der Waals surface area contributed by atoms with Gasteiger partial charge in [0.05, 0.1) is 5.69 Å². The van der Waals surface area contributed by atoms with Crippen molar-refractivity contribution in [3.05, 3.63) is 47.6 Å². The zero-order chi connectivity index (χ0) is 17.9. The van der Waals surface area contributed by atoms with Crippen LogP contribution in [-0.2, 0) is 13.0 Å². The molecule has 2 rings (SSSR count). The SMILES string of the molecule is CCNC(=NCc1cc(C(CC)CC)no1)NCCc1ccccn1.I. The summed E-state index contributed by atoms with van der Waals surface area (Å²) in [6, 6.07) is 7.98. The molecule has 144 valence electrons. The Morgan fingerprint density at radius 3 is 2.65 bits per heavy atom. The maximum Gasteiger partial charge on any atom is 0.191 e. The third kappa shape index (κ3) is 7.31. The number of hydrogen-bond donors (Lipinski definition) is 2. The van der Waals surface area contributed by atoms with E-state index in [2.05, 4.69) is 46.5 Å². The number of halogens is 1. The molecule has 0 radical (unpaired) electrons. The molecule has 0 aliphatic rings. The molecule has 0 aliphatic carbocycles. The summed E-state index contributed by atoms with van der Waals surface area (Å²) >= 11 is 0. The van der Waals surface area contributed by atoms with Gasteiger partial charge in [0, 0.05) is 43.4 Å². The zero-order valence-corrected chi connectivity index (χ0v) is 18.2. The lowest BCUT2D eigenvalue weighted by Gasteiger charge is -2.10. The molecule has 2 aromatic heterocycles. The molecule has 0 unspecified atom stereocenters. The number of hydrogen-bond acceptors (Lipinski definition) is 4. The summed E-state index contributed by atoms with van der Waals surface area (Å²) in [4.78, 5) is 8.91. The van der Waals surface area contributed by atoms with E-state index in [-0.39, 0.29) is 24.0 Å². The van der Waals surface area contributed by atoms with Crippen molar-refractivity contribution >= 4 is 29.9 Å². The van der Waals surface area contributed by atoms with E-state index in [1.807, 2.05) is 30.5 Å². The minimum absolute atomic E-state index is 0. The highest BCUT2D eigenvalue weighted by molar-refractivity contribution is 14.0. The first-order chi connectivity index (χ1) is 12.3. The van der Waals surface area contributed by atoms with E-state index in [9.17, 15) is 0 Å². The quantitative estimate of drug-likeness (QED) is 0.330. The highest BCUT2D eigenvalue weighted by atomic mass is 127. The van der Waals surface area contributed by atoms with Crippen molar-refractivity contribution < 1.29 is 4.52 Å². The first kappa shape index (κ1) is 22.4. The van der Waals surface area contributed by atoms with Gasteiger partial charge >= 0.3 is 0 Å². The molecule has 2 N–H and O–H groups in total. The van der Waals surface area contributed by atoms with Crippen LogP contribution in [0.5, 0.6) is 0 Å². The van der Waals surface area contributed by atoms with Crippen LogP contribution >= 0.6 is 24.0 Å². The Morgan fingerprint density at radius 1 is 1.19 bits per heavy atom. The van der Waals surface area contributed by atoms with Crippen LogP contribution in [0.25, 0.3) is 0 Å². The minimum Gasteiger partial charge on any atom is -0.359 e. The Morgan fingerprint density at radius 2 is 2.00 bits per heavy atom. The topological polar surface area (TPSA) is 75.3 Å². The lowest BCUT2D eigenvalue weighted by Crippen LogP contribution is -2.38. The maximum absolute atomic E-state index is 5.43. The second-order valence-electron chi connectivity index (χ2n) is 5.92. The van der Waals surface area contributed by atoms with Crippen molar-refractivity contribution in [1.29, 1.82) is 0 Å². The molecule has 0 saturated carbocycles. The molecule has 0 atom stereocenters.